The molecule has 2 heterocycles. The van der Waals surface area contributed by atoms with Gasteiger partial charge in [0, 0.05) is 16.1 Å². The van der Waals surface area contributed by atoms with Gasteiger partial charge in [0.2, 0.25) is 0 Å². The Kier molecular flexibility index (Phi) is 4.24. The van der Waals surface area contributed by atoms with E-state index in [4.69, 9.17) is 9.72 Å². The molecule has 0 spiro atoms. The van der Waals surface area contributed by atoms with Crippen molar-refractivity contribution < 1.29 is 13.9 Å². The Morgan fingerprint density at radius 1 is 1.21 bits per heavy atom. The third-order valence-corrected chi connectivity index (χ3v) is 4.97. The monoisotopic (exact) mass is 344 g/mol. The number of rotatable bonds is 3. The summed E-state index contributed by atoms with van der Waals surface area (Å²) in [5.41, 5.74) is 4.60. The van der Waals surface area contributed by atoms with Crippen LogP contribution in [0.25, 0.3) is 22.0 Å². The number of carbonyl (C=O) groups is 1. The molecule has 0 radical (unpaired) electrons. The molecule has 6 heteroatoms. The van der Waals surface area contributed by atoms with Crippen LogP contribution in [0.3, 0.4) is 0 Å². The number of carbonyl (C=O) groups excluding carboxylic acids is 1. The molecule has 0 saturated carbocycles. The molecule has 0 bridgehead atoms. The Bertz CT molecular complexity index is 910. The van der Waals surface area contributed by atoms with Gasteiger partial charge in [-0.05, 0) is 50.6 Å². The molecule has 0 aliphatic heterocycles. The van der Waals surface area contributed by atoms with Gasteiger partial charge in [-0.15, -0.1) is 11.3 Å². The van der Waals surface area contributed by atoms with E-state index in [1.54, 1.807) is 12.1 Å². The largest absolute Gasteiger partial charge is 0.465 e. The predicted octanol–water partition coefficient (Wildman–Crippen LogP) is 4.66. The van der Waals surface area contributed by atoms with Gasteiger partial charge in [-0.2, -0.15) is 0 Å². The first kappa shape index (κ1) is 16.4. The maximum atomic E-state index is 13.1. The molecular formula is C18H17FN2O2S. The molecule has 3 aromatic rings. The third-order valence-electron chi connectivity index (χ3n) is 3.95. The number of ether oxygens (including phenoxy) is 1. The predicted molar refractivity (Wildman–Crippen MR) is 92.8 cm³/mol. The Labute approximate surface area is 143 Å². The van der Waals surface area contributed by atoms with E-state index >= 15 is 0 Å². The summed E-state index contributed by atoms with van der Waals surface area (Å²) in [6.45, 7) is 5.69. The number of halogens is 1. The molecule has 2 aromatic heterocycles. The van der Waals surface area contributed by atoms with E-state index < -0.39 is 0 Å². The van der Waals surface area contributed by atoms with Crippen molar-refractivity contribution in [1.29, 1.82) is 0 Å². The fourth-order valence-corrected chi connectivity index (χ4v) is 3.66. The number of thiazole rings is 1. The molecule has 0 atom stereocenters. The van der Waals surface area contributed by atoms with E-state index in [-0.39, 0.29) is 11.8 Å². The normalized spacial score (nSPS) is 10.9. The van der Waals surface area contributed by atoms with Gasteiger partial charge in [0.25, 0.3) is 0 Å². The lowest BCUT2D eigenvalue weighted by molar-refractivity contribution is 0.0599. The van der Waals surface area contributed by atoms with E-state index in [2.05, 4.69) is 4.98 Å². The van der Waals surface area contributed by atoms with Crippen LogP contribution in [0.1, 0.15) is 26.5 Å². The van der Waals surface area contributed by atoms with Crippen LogP contribution in [0.4, 0.5) is 4.39 Å². The molecule has 0 unspecified atom stereocenters. The van der Waals surface area contributed by atoms with Gasteiger partial charge in [-0.1, -0.05) is 0 Å². The van der Waals surface area contributed by atoms with Crippen LogP contribution in [0, 0.1) is 26.6 Å². The maximum Gasteiger partial charge on any atom is 0.339 e. The number of hydrogen-bond acceptors (Lipinski definition) is 4. The van der Waals surface area contributed by atoms with Gasteiger partial charge >= 0.3 is 5.97 Å². The number of nitrogens with one attached hydrogen (secondary N) is 1. The Morgan fingerprint density at radius 2 is 1.88 bits per heavy atom. The Hall–Kier alpha value is -2.47. The highest BCUT2D eigenvalue weighted by atomic mass is 32.1. The number of aromatic amines is 1. The summed E-state index contributed by atoms with van der Waals surface area (Å²) in [6, 6.07) is 6.27. The average molecular weight is 344 g/mol. The molecule has 0 aliphatic rings. The van der Waals surface area contributed by atoms with Gasteiger partial charge in [-0.3, -0.25) is 0 Å². The fourth-order valence-electron chi connectivity index (χ4n) is 2.74. The zero-order valence-electron chi connectivity index (χ0n) is 13.9. The maximum absolute atomic E-state index is 13.1. The molecule has 0 saturated heterocycles. The minimum absolute atomic E-state index is 0.272. The van der Waals surface area contributed by atoms with Crippen LogP contribution in [-0.2, 0) is 4.74 Å². The summed E-state index contributed by atoms with van der Waals surface area (Å²) in [6.07, 6.45) is 0. The van der Waals surface area contributed by atoms with E-state index in [0.717, 1.165) is 38.1 Å². The standard InChI is InChI=1S/C18H17FN2O2S/c1-9-14(18(22)23-4)10(2)20-15(9)16-11(3)24-17(21-16)12-5-7-13(19)8-6-12/h5-8,20H,1-4H3. The quantitative estimate of drug-likeness (QED) is 0.703. The summed E-state index contributed by atoms with van der Waals surface area (Å²) < 4.78 is 17.9. The molecule has 0 amide bonds. The minimum Gasteiger partial charge on any atom is -0.465 e. The summed E-state index contributed by atoms with van der Waals surface area (Å²) >= 11 is 1.54. The lowest BCUT2D eigenvalue weighted by atomic mass is 10.1. The Morgan fingerprint density at radius 3 is 2.50 bits per heavy atom. The van der Waals surface area contributed by atoms with Crippen LogP contribution in [0.15, 0.2) is 24.3 Å². The molecule has 1 aromatic carbocycles. The summed E-state index contributed by atoms with van der Waals surface area (Å²) in [5.74, 6) is -0.634. The zero-order chi connectivity index (χ0) is 17.4. The number of esters is 1. The van der Waals surface area contributed by atoms with Crippen LogP contribution in [-0.4, -0.2) is 23.0 Å². The van der Waals surface area contributed by atoms with Crippen molar-refractivity contribution in [1.82, 2.24) is 9.97 Å². The molecule has 124 valence electrons. The fraction of sp³-hybridized carbons (Fsp3) is 0.222. The molecule has 0 fully saturated rings. The van der Waals surface area contributed by atoms with E-state index in [1.165, 1.54) is 30.6 Å². The first-order chi connectivity index (χ1) is 11.4. The van der Waals surface area contributed by atoms with Crippen LogP contribution in [0.5, 0.6) is 0 Å². The number of hydrogen-bond donors (Lipinski definition) is 1. The van der Waals surface area contributed by atoms with Gasteiger partial charge in [-0.25, -0.2) is 14.2 Å². The molecule has 3 rings (SSSR count). The second-order valence-corrected chi connectivity index (χ2v) is 6.75. The number of H-pyrrole nitrogens is 1. The second kappa shape index (κ2) is 6.20. The van der Waals surface area contributed by atoms with Crippen molar-refractivity contribution in [2.45, 2.75) is 20.8 Å². The number of aryl methyl sites for hydroxylation is 2. The van der Waals surface area contributed by atoms with Gasteiger partial charge in [0.15, 0.2) is 0 Å². The molecule has 0 aliphatic carbocycles. The smallest absolute Gasteiger partial charge is 0.339 e. The third kappa shape index (κ3) is 2.73. The van der Waals surface area contributed by atoms with E-state index in [1.807, 2.05) is 20.8 Å². The van der Waals surface area contributed by atoms with Gasteiger partial charge in [0.1, 0.15) is 16.5 Å². The van der Waals surface area contributed by atoms with Crippen LogP contribution < -0.4 is 0 Å². The lowest BCUT2D eigenvalue weighted by Gasteiger charge is -2.00. The van der Waals surface area contributed by atoms with Crippen molar-refractivity contribution in [2.75, 3.05) is 7.11 Å². The number of aromatic nitrogens is 2. The van der Waals surface area contributed by atoms with Crippen molar-refractivity contribution >= 4 is 17.3 Å². The molecular weight excluding hydrogens is 327 g/mol. The highest BCUT2D eigenvalue weighted by Crippen LogP contribution is 2.35. The summed E-state index contributed by atoms with van der Waals surface area (Å²) in [4.78, 5) is 20.9. The number of benzene rings is 1. The van der Waals surface area contributed by atoms with Crippen molar-refractivity contribution in [2.24, 2.45) is 0 Å². The molecule has 1 N–H and O–H groups in total. The topological polar surface area (TPSA) is 55.0 Å². The first-order valence-electron chi connectivity index (χ1n) is 7.43. The minimum atomic E-state index is -0.362. The highest BCUT2D eigenvalue weighted by Gasteiger charge is 2.22. The molecule has 4 nitrogen and oxygen atoms in total. The van der Waals surface area contributed by atoms with E-state index in [0.29, 0.717) is 5.56 Å². The van der Waals surface area contributed by atoms with Crippen LogP contribution in [0.2, 0.25) is 0 Å². The summed E-state index contributed by atoms with van der Waals surface area (Å²) in [7, 11) is 1.37. The van der Waals surface area contributed by atoms with Crippen LogP contribution >= 0.6 is 11.3 Å². The average Bonchev–Trinajstić information content (AvgIpc) is 3.07. The van der Waals surface area contributed by atoms with Crippen molar-refractivity contribution in [3.63, 3.8) is 0 Å². The number of methoxy groups -OCH3 is 1. The van der Waals surface area contributed by atoms with Crippen molar-refractivity contribution in [3.8, 4) is 22.0 Å². The zero-order valence-corrected chi connectivity index (χ0v) is 14.7. The lowest BCUT2D eigenvalue weighted by Crippen LogP contribution is -2.03. The van der Waals surface area contributed by atoms with E-state index in [9.17, 15) is 9.18 Å². The SMILES string of the molecule is COC(=O)c1c(C)[nH]c(-c2nc(-c3ccc(F)cc3)sc2C)c1C. The van der Waals surface area contributed by atoms with Gasteiger partial charge in [0.05, 0.1) is 18.4 Å². The molecule has 24 heavy (non-hydrogen) atoms. The summed E-state index contributed by atoms with van der Waals surface area (Å²) in [5, 5.41) is 0.814. The first-order valence-corrected chi connectivity index (χ1v) is 8.25. The highest BCUT2D eigenvalue weighted by molar-refractivity contribution is 7.15. The van der Waals surface area contributed by atoms with Crippen molar-refractivity contribution in [3.05, 3.63) is 51.8 Å². The second-order valence-electron chi connectivity index (χ2n) is 5.55. The Balaban J connectivity index is 2.08. The van der Waals surface area contributed by atoms with Gasteiger partial charge < -0.3 is 9.72 Å². The number of nitrogens with zero attached hydrogens (tertiary/aromatic N) is 1.